The predicted molar refractivity (Wildman–Crippen MR) is 121 cm³/mol. The van der Waals surface area contributed by atoms with Crippen molar-refractivity contribution < 1.29 is 24.2 Å². The summed E-state index contributed by atoms with van der Waals surface area (Å²) in [6.07, 6.45) is 0.844. The third-order valence-corrected chi connectivity index (χ3v) is 5.77. The molecule has 0 unspecified atom stereocenters. The van der Waals surface area contributed by atoms with E-state index >= 15 is 0 Å². The molecule has 170 valence electrons. The molecule has 0 aromatic heterocycles. The largest absolute Gasteiger partial charge is 0.481 e. The molecule has 0 saturated heterocycles. The molecule has 7 nitrogen and oxygen atoms in total. The molecule has 2 aromatic rings. The maximum atomic E-state index is 12.6. The quantitative estimate of drug-likeness (QED) is 0.519. The van der Waals surface area contributed by atoms with Gasteiger partial charge < -0.3 is 20.5 Å². The van der Waals surface area contributed by atoms with Gasteiger partial charge >= 0.3 is 12.1 Å². The number of carboxylic acids is 1. The maximum absolute atomic E-state index is 12.6. The highest BCUT2D eigenvalue weighted by Gasteiger charge is 2.30. The van der Waals surface area contributed by atoms with Gasteiger partial charge in [-0.15, -0.1) is 0 Å². The van der Waals surface area contributed by atoms with Crippen LogP contribution in [0.5, 0.6) is 0 Å². The van der Waals surface area contributed by atoms with Crippen LogP contribution in [0, 0.1) is 0 Å². The average Bonchev–Trinajstić information content (AvgIpc) is 3.09. The van der Waals surface area contributed by atoms with Crippen LogP contribution in [0.2, 0.25) is 0 Å². The van der Waals surface area contributed by atoms with Crippen LogP contribution < -0.4 is 10.6 Å². The van der Waals surface area contributed by atoms with E-state index in [1.807, 2.05) is 43.3 Å². The van der Waals surface area contributed by atoms with Gasteiger partial charge in [0.15, 0.2) is 0 Å². The first-order valence-electron chi connectivity index (χ1n) is 11.1. The Hall–Kier alpha value is -3.35. The summed E-state index contributed by atoms with van der Waals surface area (Å²) in [5.74, 6) is -1.44. The van der Waals surface area contributed by atoms with Crippen LogP contribution >= 0.6 is 0 Å². The minimum atomic E-state index is -0.971. The van der Waals surface area contributed by atoms with Crippen molar-refractivity contribution in [1.29, 1.82) is 0 Å². The van der Waals surface area contributed by atoms with Gasteiger partial charge in [0, 0.05) is 12.0 Å². The van der Waals surface area contributed by atoms with Crippen LogP contribution in [0.3, 0.4) is 0 Å². The molecule has 1 aliphatic carbocycles. The van der Waals surface area contributed by atoms with E-state index < -0.39 is 30.1 Å². The zero-order chi connectivity index (χ0) is 23.1. The maximum Gasteiger partial charge on any atom is 0.407 e. The second-order valence-corrected chi connectivity index (χ2v) is 8.02. The smallest absolute Gasteiger partial charge is 0.407 e. The first-order valence-corrected chi connectivity index (χ1v) is 11.1. The predicted octanol–water partition coefficient (Wildman–Crippen LogP) is 4.06. The molecule has 1 aliphatic rings. The number of carboxylic acid groups (broad SMARTS) is 1. The van der Waals surface area contributed by atoms with Crippen molar-refractivity contribution >= 4 is 18.0 Å². The van der Waals surface area contributed by atoms with Crippen LogP contribution in [-0.2, 0) is 14.3 Å². The molecule has 0 radical (unpaired) electrons. The Morgan fingerprint density at radius 3 is 2.09 bits per heavy atom. The first kappa shape index (κ1) is 23.3. The molecule has 32 heavy (non-hydrogen) atoms. The van der Waals surface area contributed by atoms with Crippen molar-refractivity contribution in [1.82, 2.24) is 10.6 Å². The van der Waals surface area contributed by atoms with Gasteiger partial charge in [0.1, 0.15) is 12.6 Å². The van der Waals surface area contributed by atoms with E-state index in [1.54, 1.807) is 6.92 Å². The zero-order valence-corrected chi connectivity index (χ0v) is 18.5. The summed E-state index contributed by atoms with van der Waals surface area (Å²) in [5.41, 5.74) is 4.51. The van der Waals surface area contributed by atoms with Gasteiger partial charge in [0.25, 0.3) is 0 Å². The number of carbonyl (C=O) groups is 3. The van der Waals surface area contributed by atoms with Crippen molar-refractivity contribution in [2.24, 2.45) is 0 Å². The summed E-state index contributed by atoms with van der Waals surface area (Å²) in [4.78, 5) is 36.1. The molecule has 2 aromatic carbocycles. The minimum absolute atomic E-state index is 0.0634. The number of nitrogens with one attached hydrogen (secondary N) is 2. The molecule has 0 bridgehead atoms. The van der Waals surface area contributed by atoms with Gasteiger partial charge in [-0.05, 0) is 35.1 Å². The highest BCUT2D eigenvalue weighted by molar-refractivity contribution is 5.86. The van der Waals surface area contributed by atoms with Crippen molar-refractivity contribution in [2.75, 3.05) is 6.61 Å². The van der Waals surface area contributed by atoms with Gasteiger partial charge in [-0.3, -0.25) is 9.59 Å². The van der Waals surface area contributed by atoms with Crippen LogP contribution in [0.15, 0.2) is 48.5 Å². The lowest BCUT2D eigenvalue weighted by Crippen LogP contribution is -2.50. The number of hydrogen-bond donors (Lipinski definition) is 3. The number of aliphatic carboxylic acids is 1. The van der Waals surface area contributed by atoms with Gasteiger partial charge in [0.2, 0.25) is 5.91 Å². The molecule has 0 saturated carbocycles. The monoisotopic (exact) mass is 438 g/mol. The Morgan fingerprint density at radius 1 is 0.969 bits per heavy atom. The van der Waals surface area contributed by atoms with E-state index in [4.69, 9.17) is 9.84 Å². The Labute approximate surface area is 188 Å². The van der Waals surface area contributed by atoms with E-state index in [0.717, 1.165) is 28.7 Å². The number of alkyl carbamates (subject to hydrolysis) is 1. The van der Waals surface area contributed by atoms with Crippen molar-refractivity contribution in [3.8, 4) is 11.1 Å². The average molecular weight is 439 g/mol. The molecule has 0 fully saturated rings. The number of rotatable bonds is 10. The summed E-state index contributed by atoms with van der Waals surface area (Å²) in [6, 6.07) is 14.9. The lowest BCUT2D eigenvalue weighted by Gasteiger charge is -2.22. The van der Waals surface area contributed by atoms with Gasteiger partial charge in [0.05, 0.1) is 6.42 Å². The van der Waals surface area contributed by atoms with Gasteiger partial charge in [-0.1, -0.05) is 68.8 Å². The SMILES string of the molecule is CCC[C@H](CC(=O)O)NC(=O)[C@H](CC)NC(=O)OCC1c2ccccc2-c2ccccc21. The van der Waals surface area contributed by atoms with Crippen molar-refractivity contribution in [3.63, 3.8) is 0 Å². The molecule has 3 rings (SSSR count). The summed E-state index contributed by atoms with van der Waals surface area (Å²) < 4.78 is 5.52. The fourth-order valence-corrected chi connectivity index (χ4v) is 4.22. The normalized spacial score (nSPS) is 14.1. The third kappa shape index (κ3) is 5.46. The summed E-state index contributed by atoms with van der Waals surface area (Å²) >= 11 is 0. The standard InChI is InChI=1S/C25H30N2O5/c1-3-9-16(14-23(28)29)26-24(30)22(4-2)27-25(31)32-15-21-19-12-7-5-10-17(19)18-11-6-8-13-20(18)21/h5-8,10-13,16,21-22H,3-4,9,14-15H2,1-2H3,(H,26,30)(H,27,31)(H,28,29)/t16-,22+/m1/s1. The summed E-state index contributed by atoms with van der Waals surface area (Å²) in [6.45, 7) is 3.86. The van der Waals surface area contributed by atoms with Crippen LogP contribution in [-0.4, -0.2) is 41.8 Å². The number of benzene rings is 2. The molecule has 7 heteroatoms. The van der Waals surface area contributed by atoms with Crippen LogP contribution in [0.4, 0.5) is 4.79 Å². The molecule has 0 heterocycles. The molecule has 2 amide bonds. The highest BCUT2D eigenvalue weighted by atomic mass is 16.5. The Bertz CT molecular complexity index is 929. The van der Waals surface area contributed by atoms with Gasteiger partial charge in [-0.2, -0.15) is 0 Å². The molecule has 2 atom stereocenters. The fourth-order valence-electron chi connectivity index (χ4n) is 4.22. The van der Waals surface area contributed by atoms with E-state index in [1.165, 1.54) is 0 Å². The number of fused-ring (bicyclic) bond motifs is 3. The second kappa shape index (κ2) is 10.8. The number of carbonyl (C=O) groups excluding carboxylic acids is 2. The number of ether oxygens (including phenoxy) is 1. The number of amides is 2. The van der Waals surface area contributed by atoms with Crippen LogP contribution in [0.25, 0.3) is 11.1 Å². The van der Waals surface area contributed by atoms with Gasteiger partial charge in [-0.25, -0.2) is 4.79 Å². The molecule has 0 aliphatic heterocycles. The molecular weight excluding hydrogens is 408 g/mol. The van der Waals surface area contributed by atoms with E-state index in [2.05, 4.69) is 22.8 Å². The minimum Gasteiger partial charge on any atom is -0.481 e. The highest BCUT2D eigenvalue weighted by Crippen LogP contribution is 2.44. The Morgan fingerprint density at radius 2 is 1.56 bits per heavy atom. The number of hydrogen-bond acceptors (Lipinski definition) is 4. The topological polar surface area (TPSA) is 105 Å². The molecule has 3 N–H and O–H groups in total. The van der Waals surface area contributed by atoms with E-state index in [9.17, 15) is 14.4 Å². The Balaban J connectivity index is 1.60. The van der Waals surface area contributed by atoms with Crippen molar-refractivity contribution in [2.45, 2.75) is 57.5 Å². The fraction of sp³-hybridized carbons (Fsp3) is 0.400. The van der Waals surface area contributed by atoms with E-state index in [0.29, 0.717) is 12.8 Å². The van der Waals surface area contributed by atoms with Crippen molar-refractivity contribution in [3.05, 3.63) is 59.7 Å². The zero-order valence-electron chi connectivity index (χ0n) is 18.5. The Kier molecular flexibility index (Phi) is 7.87. The van der Waals surface area contributed by atoms with Crippen LogP contribution in [0.1, 0.15) is 56.6 Å². The third-order valence-electron chi connectivity index (χ3n) is 5.77. The lowest BCUT2D eigenvalue weighted by atomic mass is 9.98. The summed E-state index contributed by atoms with van der Waals surface area (Å²) in [7, 11) is 0. The lowest BCUT2D eigenvalue weighted by molar-refractivity contribution is -0.137. The van der Waals surface area contributed by atoms with E-state index in [-0.39, 0.29) is 18.9 Å². The molecular formula is C25H30N2O5. The summed E-state index contributed by atoms with van der Waals surface area (Å²) in [5, 5.41) is 14.4. The molecule has 0 spiro atoms. The first-order chi connectivity index (χ1) is 15.4. The second-order valence-electron chi connectivity index (χ2n) is 8.02.